The topological polar surface area (TPSA) is 74.2 Å². The van der Waals surface area contributed by atoms with Gasteiger partial charge in [-0.25, -0.2) is 19.3 Å². The van der Waals surface area contributed by atoms with Gasteiger partial charge in [-0.1, -0.05) is 30.0 Å². The third kappa shape index (κ3) is 3.29. The van der Waals surface area contributed by atoms with Gasteiger partial charge in [0.05, 0.1) is 6.61 Å². The number of hydrazone groups is 1. The average Bonchev–Trinajstić information content (AvgIpc) is 3.11. The van der Waals surface area contributed by atoms with E-state index in [1.54, 1.807) is 6.07 Å². The first-order valence-corrected chi connectivity index (χ1v) is 9.92. The van der Waals surface area contributed by atoms with Gasteiger partial charge in [-0.2, -0.15) is 5.10 Å². The van der Waals surface area contributed by atoms with Crippen LogP contribution in [0.5, 0.6) is 5.75 Å². The molecular formula is C20H19F2N3O3S. The zero-order valence-electron chi connectivity index (χ0n) is 15.6. The average molecular weight is 419 g/mol. The molecule has 9 heteroatoms. The highest BCUT2D eigenvalue weighted by Crippen LogP contribution is 2.57. The number of rotatable bonds is 4. The molecule has 2 heterocycles. The van der Waals surface area contributed by atoms with Gasteiger partial charge in [-0.3, -0.25) is 4.79 Å². The van der Waals surface area contributed by atoms with Gasteiger partial charge in [0.1, 0.15) is 22.4 Å². The number of ether oxygens (including phenoxy) is 1. The largest absolute Gasteiger partial charge is 0.493 e. The lowest BCUT2D eigenvalue weighted by Gasteiger charge is -2.45. The fraction of sp³-hybridized carbons (Fsp3) is 0.300. The summed E-state index contributed by atoms with van der Waals surface area (Å²) in [6, 6.07) is 10.5. The number of fused-ring (bicyclic) bond motifs is 2. The molecule has 0 radical (unpaired) electrons. The zero-order chi connectivity index (χ0) is 20.6. The number of halogens is 2. The molecule has 4 rings (SSSR count). The van der Waals surface area contributed by atoms with Crippen molar-refractivity contribution >= 4 is 22.7 Å². The maximum absolute atomic E-state index is 14.5. The van der Waals surface area contributed by atoms with Crippen LogP contribution in [0, 0.1) is 17.6 Å². The maximum atomic E-state index is 14.5. The molecule has 1 amide bonds. The van der Waals surface area contributed by atoms with E-state index in [1.807, 2.05) is 18.2 Å². The maximum Gasteiger partial charge on any atom is 0.241 e. The summed E-state index contributed by atoms with van der Waals surface area (Å²) in [5.41, 5.74) is 2.86. The van der Waals surface area contributed by atoms with Gasteiger partial charge in [0.25, 0.3) is 0 Å². The summed E-state index contributed by atoms with van der Waals surface area (Å²) in [4.78, 5) is 11.6. The molecule has 0 aliphatic carbocycles. The number of para-hydroxylation sites is 1. The minimum atomic E-state index is -0.994. The summed E-state index contributed by atoms with van der Waals surface area (Å²) in [6.45, 7) is 1.94. The lowest BCUT2D eigenvalue weighted by molar-refractivity contribution is -0.134. The van der Waals surface area contributed by atoms with Crippen molar-refractivity contribution in [2.45, 2.75) is 18.2 Å². The molecular weight excluding hydrogens is 400 g/mol. The van der Waals surface area contributed by atoms with Crippen LogP contribution < -0.4 is 10.2 Å². The second-order valence-corrected chi connectivity index (χ2v) is 8.07. The standard InChI is InChI=1S/C20H19F2N3O3S/c1-12(26)25-20(29-19(24-25)15-10-14(21)6-7-17(15)22)13(8-9-23-27)11-28-18-5-3-2-4-16(18)20/h2-7,10,13,23,27H,8-9,11H2,1H3/t13-,20+/m1/s1. The molecule has 2 aromatic rings. The monoisotopic (exact) mass is 419 g/mol. The predicted molar refractivity (Wildman–Crippen MR) is 105 cm³/mol. The van der Waals surface area contributed by atoms with E-state index in [1.165, 1.54) is 23.7 Å². The Balaban J connectivity index is 1.87. The molecule has 2 aliphatic rings. The van der Waals surface area contributed by atoms with Crippen molar-refractivity contribution in [3.8, 4) is 5.75 Å². The third-order valence-electron chi connectivity index (χ3n) is 5.09. The van der Waals surface area contributed by atoms with Crippen molar-refractivity contribution < 1.29 is 23.5 Å². The number of benzene rings is 2. The highest BCUT2D eigenvalue weighted by Gasteiger charge is 2.56. The van der Waals surface area contributed by atoms with Crippen LogP contribution in [0.2, 0.25) is 0 Å². The van der Waals surface area contributed by atoms with Crippen LogP contribution in [0.4, 0.5) is 8.78 Å². The van der Waals surface area contributed by atoms with Crippen molar-refractivity contribution in [1.29, 1.82) is 0 Å². The Morgan fingerprint density at radius 2 is 2.17 bits per heavy atom. The van der Waals surface area contributed by atoms with Crippen LogP contribution in [0.3, 0.4) is 0 Å². The van der Waals surface area contributed by atoms with Crippen molar-refractivity contribution in [1.82, 2.24) is 10.5 Å². The number of nitrogens with one attached hydrogen (secondary N) is 1. The number of hydroxylamine groups is 1. The van der Waals surface area contributed by atoms with Gasteiger partial charge in [0.15, 0.2) is 4.87 Å². The molecule has 0 saturated heterocycles. The first-order chi connectivity index (χ1) is 14.0. The van der Waals surface area contributed by atoms with E-state index in [-0.39, 0.29) is 35.6 Å². The fourth-order valence-corrected chi connectivity index (χ4v) is 5.38. The number of amides is 1. The Hall–Kier alpha value is -2.49. The lowest BCUT2D eigenvalue weighted by atomic mass is 9.86. The molecule has 0 saturated carbocycles. The van der Waals surface area contributed by atoms with Crippen LogP contribution >= 0.6 is 11.8 Å². The Bertz CT molecular complexity index is 987. The van der Waals surface area contributed by atoms with Gasteiger partial charge in [0, 0.05) is 30.5 Å². The first kappa shape index (κ1) is 19.8. The third-order valence-corrected chi connectivity index (χ3v) is 6.62. The van der Waals surface area contributed by atoms with Crippen molar-refractivity contribution in [3.63, 3.8) is 0 Å². The van der Waals surface area contributed by atoms with E-state index < -0.39 is 16.5 Å². The normalized spacial score (nSPS) is 23.0. The molecule has 2 aromatic carbocycles. The second kappa shape index (κ2) is 7.74. The van der Waals surface area contributed by atoms with Crippen molar-refractivity contribution in [3.05, 3.63) is 65.2 Å². The minimum Gasteiger partial charge on any atom is -0.493 e. The molecule has 0 fully saturated rings. The minimum absolute atomic E-state index is 0.00105. The number of carbonyl (C=O) groups excluding carboxylic acids is 1. The fourth-order valence-electron chi connectivity index (χ4n) is 3.81. The summed E-state index contributed by atoms with van der Waals surface area (Å²) in [6.07, 6.45) is 0.468. The zero-order valence-corrected chi connectivity index (χ0v) is 16.4. The molecule has 29 heavy (non-hydrogen) atoms. The SMILES string of the molecule is CC(=O)N1N=C(c2cc(F)ccc2F)S[C@@]12c1ccccc1OC[C@H]2CCNO. The molecule has 2 N–H and O–H groups in total. The van der Waals surface area contributed by atoms with Crippen molar-refractivity contribution in [2.75, 3.05) is 13.2 Å². The van der Waals surface area contributed by atoms with E-state index in [2.05, 4.69) is 10.6 Å². The number of hydrogen-bond donors (Lipinski definition) is 2. The summed E-state index contributed by atoms with van der Waals surface area (Å²) < 4.78 is 34.2. The van der Waals surface area contributed by atoms with Crippen molar-refractivity contribution in [2.24, 2.45) is 11.0 Å². The summed E-state index contributed by atoms with van der Waals surface area (Å²) >= 11 is 1.21. The van der Waals surface area contributed by atoms with Gasteiger partial charge >= 0.3 is 0 Å². The smallest absolute Gasteiger partial charge is 0.241 e. The summed E-state index contributed by atoms with van der Waals surface area (Å²) in [5.74, 6) is -1.19. The van der Waals surface area contributed by atoms with E-state index in [9.17, 15) is 13.6 Å². The van der Waals surface area contributed by atoms with Crippen LogP contribution in [-0.2, 0) is 9.67 Å². The Morgan fingerprint density at radius 3 is 2.93 bits per heavy atom. The lowest BCUT2D eigenvalue weighted by Crippen LogP contribution is -2.51. The van der Waals surface area contributed by atoms with E-state index in [4.69, 9.17) is 9.94 Å². The van der Waals surface area contributed by atoms with E-state index in [0.29, 0.717) is 12.2 Å². The molecule has 2 atom stereocenters. The number of carbonyl (C=O) groups is 1. The van der Waals surface area contributed by atoms with Gasteiger partial charge in [-0.05, 0) is 30.7 Å². The van der Waals surface area contributed by atoms with Crippen LogP contribution in [0.15, 0.2) is 47.6 Å². The molecule has 1 spiro atoms. The van der Waals surface area contributed by atoms with Crippen LogP contribution in [0.1, 0.15) is 24.5 Å². The quantitative estimate of drug-likeness (QED) is 0.743. The van der Waals surface area contributed by atoms with Gasteiger partial charge in [-0.15, -0.1) is 0 Å². The Morgan fingerprint density at radius 1 is 1.38 bits per heavy atom. The Labute approximate surface area is 170 Å². The highest BCUT2D eigenvalue weighted by atomic mass is 32.2. The highest BCUT2D eigenvalue weighted by molar-refractivity contribution is 8.15. The summed E-state index contributed by atoms with van der Waals surface area (Å²) in [7, 11) is 0. The molecule has 2 aliphatic heterocycles. The first-order valence-electron chi connectivity index (χ1n) is 9.10. The molecule has 0 aromatic heterocycles. The number of hydrogen-bond acceptors (Lipinski definition) is 6. The summed E-state index contributed by atoms with van der Waals surface area (Å²) in [5, 5.41) is 15.1. The molecule has 0 bridgehead atoms. The molecule has 6 nitrogen and oxygen atoms in total. The molecule has 152 valence electrons. The van der Waals surface area contributed by atoms with Crippen LogP contribution in [-0.4, -0.2) is 34.3 Å². The van der Waals surface area contributed by atoms with E-state index >= 15 is 0 Å². The number of thioether (sulfide) groups is 1. The Kier molecular flexibility index (Phi) is 5.28. The second-order valence-electron chi connectivity index (χ2n) is 6.86. The number of nitrogens with zero attached hydrogens (tertiary/aromatic N) is 2. The van der Waals surface area contributed by atoms with Gasteiger partial charge in [0.2, 0.25) is 5.91 Å². The van der Waals surface area contributed by atoms with Gasteiger partial charge < -0.3 is 9.94 Å². The predicted octanol–water partition coefficient (Wildman–Crippen LogP) is 3.45. The van der Waals surface area contributed by atoms with Crippen LogP contribution in [0.25, 0.3) is 0 Å². The van der Waals surface area contributed by atoms with E-state index in [0.717, 1.165) is 23.8 Å². The molecule has 0 unspecified atom stereocenters.